The summed E-state index contributed by atoms with van der Waals surface area (Å²) >= 11 is -0.267. The summed E-state index contributed by atoms with van der Waals surface area (Å²) in [5, 5.41) is 2.04. The minimum absolute atomic E-state index is 0.0411. The van der Waals surface area contributed by atoms with E-state index in [-0.39, 0.29) is 32.9 Å². The predicted molar refractivity (Wildman–Crippen MR) is 163 cm³/mol. The van der Waals surface area contributed by atoms with Gasteiger partial charge in [0.1, 0.15) is 18.9 Å². The topological polar surface area (TPSA) is 72.4 Å². The van der Waals surface area contributed by atoms with E-state index < -0.39 is 0 Å². The average Bonchev–Trinajstić information content (AvgIpc) is 3.41. The Hall–Kier alpha value is -3.99. The molecule has 5 aromatic rings. The molecule has 3 aromatic heterocycles. The van der Waals surface area contributed by atoms with Gasteiger partial charge in [-0.2, -0.15) is 0 Å². The predicted octanol–water partition coefficient (Wildman–Crippen LogP) is 1.42. The Morgan fingerprint density at radius 2 is 1.79 bits per heavy atom. The number of pyridine rings is 2. The Kier molecular flexibility index (Phi) is 7.85. The first-order valence-electron chi connectivity index (χ1n) is 14.0. The summed E-state index contributed by atoms with van der Waals surface area (Å²) in [5.74, 6) is 0.885. The van der Waals surface area contributed by atoms with Gasteiger partial charge in [-0.25, -0.2) is 4.58 Å². The van der Waals surface area contributed by atoms with E-state index in [2.05, 4.69) is 42.6 Å². The van der Waals surface area contributed by atoms with Crippen LogP contribution < -0.4 is 31.8 Å². The van der Waals surface area contributed by atoms with Crippen molar-refractivity contribution in [2.24, 2.45) is 7.05 Å². The summed E-state index contributed by atoms with van der Waals surface area (Å²) in [7, 11) is 3.67. The molecule has 6 rings (SSSR count). The van der Waals surface area contributed by atoms with Gasteiger partial charge < -0.3 is 9.64 Å². The molecule has 0 bridgehead atoms. The molecule has 8 nitrogen and oxygen atoms in total. The van der Waals surface area contributed by atoms with Crippen LogP contribution >= 0.6 is 0 Å². The van der Waals surface area contributed by atoms with Gasteiger partial charge in [0.15, 0.2) is 6.54 Å². The number of hydrogen-bond donors (Lipinski definition) is 0. The normalized spacial score (nSPS) is 14.3. The molecule has 42 heavy (non-hydrogen) atoms. The van der Waals surface area contributed by atoms with Gasteiger partial charge in [0.05, 0.1) is 0 Å². The third-order valence-corrected chi connectivity index (χ3v) is 9.83. The number of hydrogen-bond acceptors (Lipinski definition) is 4. The molecule has 1 aliphatic rings. The molecule has 4 heterocycles. The number of benzene rings is 2. The first-order valence-corrected chi connectivity index (χ1v) is 17.2. The summed E-state index contributed by atoms with van der Waals surface area (Å²) in [6, 6.07) is 20.5. The number of nitrogens with zero attached hydrogens (tertiary/aromatic N) is 5. The fourth-order valence-electron chi connectivity index (χ4n) is 5.60. The van der Waals surface area contributed by atoms with Crippen molar-refractivity contribution in [2.45, 2.75) is 13.3 Å². The fraction of sp³-hybridized carbons (Fsp3) is 0.273. The van der Waals surface area contributed by atoms with E-state index in [4.69, 9.17) is 9.72 Å². The zero-order valence-electron chi connectivity index (χ0n) is 24.3. The summed E-state index contributed by atoms with van der Waals surface area (Å²) in [6.07, 6.45) is 4.92. The number of amides is 1. The van der Waals surface area contributed by atoms with Crippen LogP contribution in [0.1, 0.15) is 13.3 Å². The summed E-state index contributed by atoms with van der Waals surface area (Å²) in [4.78, 5) is 34.1. The maximum absolute atomic E-state index is 12.8. The number of carbonyl (C=O) groups is 1. The van der Waals surface area contributed by atoms with E-state index in [0.29, 0.717) is 13.2 Å². The van der Waals surface area contributed by atoms with Gasteiger partial charge in [0, 0.05) is 26.9 Å². The second-order valence-corrected chi connectivity index (χ2v) is 12.7. The fourth-order valence-corrected chi connectivity index (χ4v) is 7.03. The maximum atomic E-state index is 12.8. The molecule has 0 N–H and O–H groups in total. The van der Waals surface area contributed by atoms with Crippen molar-refractivity contribution >= 4 is 33.4 Å². The van der Waals surface area contributed by atoms with Crippen molar-refractivity contribution in [3.8, 4) is 28.1 Å². The van der Waals surface area contributed by atoms with Crippen molar-refractivity contribution in [1.29, 1.82) is 0 Å². The summed E-state index contributed by atoms with van der Waals surface area (Å²) in [5.41, 5.74) is 6.55. The van der Waals surface area contributed by atoms with Crippen LogP contribution in [-0.4, -0.2) is 71.6 Å². The monoisotopic (exact) mass is 675 g/mol. The average molecular weight is 676 g/mol. The minimum atomic E-state index is -0.267. The van der Waals surface area contributed by atoms with Crippen LogP contribution in [0, 0.1) is 0 Å². The molecule has 1 amide bonds. The molecule has 0 atom stereocenters. The molecule has 0 aliphatic carbocycles. The number of carbonyl (C=O) groups excluding carboxylic acids is 1. The molecule has 0 saturated carbocycles. The SMILES string of the molecule is C[I-]n1ccc2c(-c3ccc4nc(-c5ccc(OCC[N+]6=C(C)C(=O)N(C)CCC6)cc5)ccc4c3)cn(C)c(=O)c21. The number of halogens is 1. The molecule has 216 valence electrons. The van der Waals surface area contributed by atoms with Gasteiger partial charge in [-0.1, -0.05) is 0 Å². The number of alkyl halides is 1. The van der Waals surface area contributed by atoms with E-state index >= 15 is 0 Å². The van der Waals surface area contributed by atoms with Crippen molar-refractivity contribution in [3.05, 3.63) is 83.4 Å². The number of rotatable bonds is 7. The van der Waals surface area contributed by atoms with E-state index in [1.54, 1.807) is 9.47 Å². The molecular formula is C33H34IN5O3. The van der Waals surface area contributed by atoms with Crippen LogP contribution in [0.5, 0.6) is 5.75 Å². The second kappa shape index (κ2) is 11.7. The van der Waals surface area contributed by atoms with Crippen LogP contribution in [0.2, 0.25) is 0 Å². The van der Waals surface area contributed by atoms with Crippen LogP contribution in [0.3, 0.4) is 0 Å². The van der Waals surface area contributed by atoms with Gasteiger partial charge in [-0.05, 0) is 12.1 Å². The van der Waals surface area contributed by atoms with Crippen molar-refractivity contribution in [2.75, 3.05) is 38.2 Å². The van der Waals surface area contributed by atoms with Gasteiger partial charge >= 0.3 is 167 Å². The molecule has 1 aliphatic heterocycles. The standard InChI is InChI=1S/C33H34IN5O3/c1-22-32(40)36(3)15-5-16-38(22)18-19-42-26-10-6-23(7-11-26)29-13-9-25-20-24(8-12-30(25)35-29)28-21-37(4)33(41)31-27(28)14-17-39(31)34-2/h6-14,17,20-21H,5,15-16,18-19H2,1-4H3. The second-order valence-electron chi connectivity index (χ2n) is 10.6. The van der Waals surface area contributed by atoms with Gasteiger partial charge in [0.25, 0.3) is 0 Å². The molecular weight excluding hydrogens is 641 g/mol. The Morgan fingerprint density at radius 1 is 1.00 bits per heavy atom. The molecule has 2 aromatic carbocycles. The Labute approximate surface area is 255 Å². The molecule has 0 unspecified atom stereocenters. The van der Waals surface area contributed by atoms with Gasteiger partial charge in [-0.3, -0.25) is 4.79 Å². The van der Waals surface area contributed by atoms with E-state index in [0.717, 1.165) is 75.2 Å². The summed E-state index contributed by atoms with van der Waals surface area (Å²) in [6.45, 7) is 4.73. The zero-order chi connectivity index (χ0) is 29.4. The zero-order valence-corrected chi connectivity index (χ0v) is 26.5. The Balaban J connectivity index is 1.19. The number of fused-ring (bicyclic) bond motifs is 2. The number of ether oxygens (including phenoxy) is 1. The van der Waals surface area contributed by atoms with Crippen molar-refractivity contribution in [3.63, 3.8) is 0 Å². The third kappa shape index (κ3) is 5.33. The number of aromatic nitrogens is 3. The molecule has 9 heteroatoms. The van der Waals surface area contributed by atoms with Crippen molar-refractivity contribution in [1.82, 2.24) is 17.2 Å². The van der Waals surface area contributed by atoms with Crippen molar-refractivity contribution < 1.29 is 35.6 Å². The van der Waals surface area contributed by atoms with Crippen LogP contribution in [-0.2, 0) is 11.8 Å². The first-order chi connectivity index (χ1) is 20.3. The van der Waals surface area contributed by atoms with Crippen LogP contribution in [0.25, 0.3) is 44.2 Å². The molecule has 0 saturated heterocycles. The molecule has 0 radical (unpaired) electrons. The van der Waals surface area contributed by atoms with E-state index in [9.17, 15) is 9.59 Å². The third-order valence-electron chi connectivity index (χ3n) is 7.99. The van der Waals surface area contributed by atoms with Gasteiger partial charge in [-0.15, -0.1) is 0 Å². The van der Waals surface area contributed by atoms with Crippen LogP contribution in [0.15, 0.2) is 77.9 Å². The van der Waals surface area contributed by atoms with E-state index in [1.807, 2.05) is 63.7 Å². The summed E-state index contributed by atoms with van der Waals surface area (Å²) < 4.78 is 11.9. The molecule has 0 spiro atoms. The molecule has 0 fully saturated rings. The number of aryl methyl sites for hydroxylation is 1. The van der Waals surface area contributed by atoms with Gasteiger partial charge in [0.2, 0.25) is 5.71 Å². The quantitative estimate of drug-likeness (QED) is 0.149. The van der Waals surface area contributed by atoms with Crippen LogP contribution in [0.4, 0.5) is 0 Å². The Bertz CT molecular complexity index is 1910. The Morgan fingerprint density at radius 3 is 2.57 bits per heavy atom. The van der Waals surface area contributed by atoms with E-state index in [1.165, 1.54) is 0 Å². The first kappa shape index (κ1) is 28.1.